The molecule has 3 aromatic heterocycles. The highest BCUT2D eigenvalue weighted by Gasteiger charge is 2.17. The lowest BCUT2D eigenvalue weighted by Crippen LogP contribution is -2.17. The fourth-order valence-corrected chi connectivity index (χ4v) is 2.34. The van der Waals surface area contributed by atoms with Crippen molar-refractivity contribution < 1.29 is 0 Å². The van der Waals surface area contributed by atoms with E-state index in [1.165, 1.54) is 0 Å². The lowest BCUT2D eigenvalue weighted by molar-refractivity contribution is 0.575. The van der Waals surface area contributed by atoms with Gasteiger partial charge in [-0.3, -0.25) is 4.98 Å². The van der Waals surface area contributed by atoms with Crippen LogP contribution in [0.25, 0.3) is 22.6 Å². The predicted molar refractivity (Wildman–Crippen MR) is 79.5 cm³/mol. The van der Waals surface area contributed by atoms with Gasteiger partial charge >= 0.3 is 0 Å². The molecule has 0 radical (unpaired) electrons. The Balaban J connectivity index is 2.30. The average Bonchev–Trinajstić information content (AvgIpc) is 2.85. The van der Waals surface area contributed by atoms with Crippen LogP contribution in [0.3, 0.4) is 0 Å². The van der Waals surface area contributed by atoms with Crippen molar-refractivity contribution >= 4 is 22.8 Å². The minimum absolute atomic E-state index is 0.0943. The summed E-state index contributed by atoms with van der Waals surface area (Å²) in [6.07, 6.45) is 5.11. The van der Waals surface area contributed by atoms with Crippen LogP contribution in [0.1, 0.15) is 13.0 Å². The van der Waals surface area contributed by atoms with E-state index in [0.717, 1.165) is 22.6 Å². The number of aromatic nitrogens is 4. The van der Waals surface area contributed by atoms with E-state index >= 15 is 0 Å². The number of pyridine rings is 2. The Labute approximate surface area is 121 Å². The van der Waals surface area contributed by atoms with Crippen molar-refractivity contribution in [1.29, 1.82) is 0 Å². The molecule has 3 rings (SSSR count). The molecule has 0 aliphatic heterocycles. The SMILES string of the molecule is CC(CN)n1c(-c2ccncc2)nc2cc(Cl)cnc21. The maximum atomic E-state index is 5.99. The summed E-state index contributed by atoms with van der Waals surface area (Å²) in [6.45, 7) is 2.55. The first-order valence-electron chi connectivity index (χ1n) is 6.34. The van der Waals surface area contributed by atoms with Crippen LogP contribution in [0.15, 0.2) is 36.8 Å². The molecule has 0 spiro atoms. The lowest BCUT2D eigenvalue weighted by Gasteiger charge is -2.14. The van der Waals surface area contributed by atoms with Gasteiger partial charge in [0.05, 0.1) is 5.02 Å². The number of nitrogens with zero attached hydrogens (tertiary/aromatic N) is 4. The van der Waals surface area contributed by atoms with E-state index in [2.05, 4.69) is 15.0 Å². The van der Waals surface area contributed by atoms with Crippen LogP contribution in [-0.4, -0.2) is 26.1 Å². The zero-order valence-electron chi connectivity index (χ0n) is 11.0. The Morgan fingerprint density at radius 1 is 1.35 bits per heavy atom. The summed E-state index contributed by atoms with van der Waals surface area (Å²) in [6, 6.07) is 5.75. The Morgan fingerprint density at radius 3 is 2.80 bits per heavy atom. The molecule has 1 atom stereocenters. The molecule has 0 aromatic carbocycles. The average molecular weight is 288 g/mol. The molecule has 2 N–H and O–H groups in total. The quantitative estimate of drug-likeness (QED) is 0.804. The van der Waals surface area contributed by atoms with Crippen LogP contribution in [0, 0.1) is 0 Å². The van der Waals surface area contributed by atoms with Crippen molar-refractivity contribution in [2.45, 2.75) is 13.0 Å². The third-order valence-corrected chi connectivity index (χ3v) is 3.42. The van der Waals surface area contributed by atoms with Crippen molar-refractivity contribution in [2.24, 2.45) is 5.73 Å². The van der Waals surface area contributed by atoms with E-state index in [4.69, 9.17) is 17.3 Å². The summed E-state index contributed by atoms with van der Waals surface area (Å²) in [5, 5.41) is 0.573. The van der Waals surface area contributed by atoms with E-state index in [1.54, 1.807) is 18.6 Å². The zero-order valence-corrected chi connectivity index (χ0v) is 11.7. The zero-order chi connectivity index (χ0) is 14.1. The van der Waals surface area contributed by atoms with Crippen molar-refractivity contribution in [1.82, 2.24) is 19.5 Å². The molecule has 20 heavy (non-hydrogen) atoms. The largest absolute Gasteiger partial charge is 0.328 e. The first-order chi connectivity index (χ1) is 9.70. The van der Waals surface area contributed by atoms with Crippen LogP contribution in [0.2, 0.25) is 5.02 Å². The topological polar surface area (TPSA) is 69.6 Å². The van der Waals surface area contributed by atoms with Gasteiger partial charge in [0.1, 0.15) is 11.3 Å². The smallest absolute Gasteiger partial charge is 0.160 e. The third kappa shape index (κ3) is 2.15. The second-order valence-corrected chi connectivity index (χ2v) is 5.06. The molecule has 0 saturated heterocycles. The van der Waals surface area contributed by atoms with Gasteiger partial charge in [-0.15, -0.1) is 0 Å². The molecule has 0 aliphatic rings. The monoisotopic (exact) mass is 287 g/mol. The molecule has 1 unspecified atom stereocenters. The summed E-state index contributed by atoms with van der Waals surface area (Å²) in [7, 11) is 0. The molecule has 102 valence electrons. The first kappa shape index (κ1) is 13.0. The van der Waals surface area contributed by atoms with E-state index in [0.29, 0.717) is 11.6 Å². The van der Waals surface area contributed by atoms with Gasteiger partial charge in [-0.1, -0.05) is 11.6 Å². The normalized spacial score (nSPS) is 12.8. The summed E-state index contributed by atoms with van der Waals surface area (Å²) < 4.78 is 2.04. The van der Waals surface area contributed by atoms with Crippen LogP contribution < -0.4 is 5.73 Å². The third-order valence-electron chi connectivity index (χ3n) is 3.22. The molecule has 5 nitrogen and oxygen atoms in total. The maximum absolute atomic E-state index is 5.99. The van der Waals surface area contributed by atoms with Crippen LogP contribution in [0.4, 0.5) is 0 Å². The Bertz CT molecular complexity index is 738. The second kappa shape index (κ2) is 5.19. The fourth-order valence-electron chi connectivity index (χ4n) is 2.19. The molecule has 0 aliphatic carbocycles. The van der Waals surface area contributed by atoms with Gasteiger partial charge in [-0.2, -0.15) is 0 Å². The number of nitrogens with two attached hydrogens (primary N) is 1. The number of rotatable bonds is 3. The molecule has 0 amide bonds. The Morgan fingerprint density at radius 2 is 2.10 bits per heavy atom. The summed E-state index contributed by atoms with van der Waals surface area (Å²) in [4.78, 5) is 13.1. The lowest BCUT2D eigenvalue weighted by atomic mass is 10.2. The molecule has 0 bridgehead atoms. The van der Waals surface area contributed by atoms with Gasteiger partial charge in [0.2, 0.25) is 0 Å². The van der Waals surface area contributed by atoms with Gasteiger partial charge < -0.3 is 10.3 Å². The van der Waals surface area contributed by atoms with Gasteiger partial charge in [-0.25, -0.2) is 9.97 Å². The molecule has 3 aromatic rings. The highest BCUT2D eigenvalue weighted by atomic mass is 35.5. The summed E-state index contributed by atoms with van der Waals surface area (Å²) >= 11 is 5.99. The number of hydrogen-bond acceptors (Lipinski definition) is 4. The van der Waals surface area contributed by atoms with E-state index in [1.807, 2.05) is 29.7 Å². The van der Waals surface area contributed by atoms with Crippen LogP contribution >= 0.6 is 11.6 Å². The Kier molecular flexibility index (Phi) is 3.38. The second-order valence-electron chi connectivity index (χ2n) is 4.62. The molecule has 3 heterocycles. The maximum Gasteiger partial charge on any atom is 0.160 e. The Hall–Kier alpha value is -1.98. The van der Waals surface area contributed by atoms with Gasteiger partial charge in [0.15, 0.2) is 5.65 Å². The molecular weight excluding hydrogens is 274 g/mol. The fraction of sp³-hybridized carbons (Fsp3) is 0.214. The number of fused-ring (bicyclic) bond motifs is 1. The van der Waals surface area contributed by atoms with E-state index < -0.39 is 0 Å². The van der Waals surface area contributed by atoms with Crippen LogP contribution in [0.5, 0.6) is 0 Å². The van der Waals surface area contributed by atoms with Crippen molar-refractivity contribution in [3.8, 4) is 11.4 Å². The molecular formula is C14H14ClN5. The minimum Gasteiger partial charge on any atom is -0.328 e. The minimum atomic E-state index is 0.0943. The van der Waals surface area contributed by atoms with E-state index in [9.17, 15) is 0 Å². The first-order valence-corrected chi connectivity index (χ1v) is 6.72. The van der Waals surface area contributed by atoms with Crippen molar-refractivity contribution in [3.05, 3.63) is 41.8 Å². The summed E-state index contributed by atoms with van der Waals surface area (Å²) in [5.74, 6) is 0.829. The highest BCUT2D eigenvalue weighted by molar-refractivity contribution is 6.31. The van der Waals surface area contributed by atoms with Crippen molar-refractivity contribution in [3.63, 3.8) is 0 Å². The highest BCUT2D eigenvalue weighted by Crippen LogP contribution is 2.27. The molecule has 6 heteroatoms. The van der Waals surface area contributed by atoms with Crippen molar-refractivity contribution in [2.75, 3.05) is 6.54 Å². The standard InChI is InChI=1S/C14H14ClN5/c1-9(7-16)20-13(10-2-4-17-5-3-10)19-12-6-11(15)8-18-14(12)20/h2-6,8-9H,7,16H2,1H3. The molecule has 0 saturated carbocycles. The van der Waals surface area contributed by atoms with E-state index in [-0.39, 0.29) is 6.04 Å². The number of hydrogen-bond donors (Lipinski definition) is 1. The van der Waals surface area contributed by atoms with Gasteiger partial charge in [0, 0.05) is 36.7 Å². The number of imidazole rings is 1. The van der Waals surface area contributed by atoms with Gasteiger partial charge in [-0.05, 0) is 25.1 Å². The van der Waals surface area contributed by atoms with Crippen LogP contribution in [-0.2, 0) is 0 Å². The molecule has 0 fully saturated rings. The number of halogens is 1. The summed E-state index contributed by atoms with van der Waals surface area (Å²) in [5.41, 5.74) is 8.36. The van der Waals surface area contributed by atoms with Gasteiger partial charge in [0.25, 0.3) is 0 Å². The predicted octanol–water partition coefficient (Wildman–Crippen LogP) is 2.67.